The average molecular weight is 286 g/mol. The fraction of sp³-hybridized carbons (Fsp3) is 0.176. The van der Waals surface area contributed by atoms with Crippen LogP contribution in [-0.4, -0.2) is 0 Å². The highest BCUT2D eigenvalue weighted by molar-refractivity contribution is 6.31. The van der Waals surface area contributed by atoms with Gasteiger partial charge < -0.3 is 10.2 Å². The summed E-state index contributed by atoms with van der Waals surface area (Å²) in [5.41, 5.74) is 8.34. The number of hydrogen-bond donors (Lipinski definition) is 1. The molecule has 2 N–H and O–H groups in total. The van der Waals surface area contributed by atoms with Crippen LogP contribution in [-0.2, 0) is 6.42 Å². The van der Waals surface area contributed by atoms with Gasteiger partial charge in [-0.05, 0) is 42.7 Å². The van der Waals surface area contributed by atoms with Crippen molar-refractivity contribution in [3.05, 3.63) is 70.9 Å². The lowest BCUT2D eigenvalue weighted by Gasteiger charge is -2.08. The third-order valence-corrected chi connectivity index (χ3v) is 3.68. The lowest BCUT2D eigenvalue weighted by Crippen LogP contribution is -2.10. The highest BCUT2D eigenvalue weighted by atomic mass is 35.5. The second kappa shape index (κ2) is 5.70. The number of halogens is 1. The van der Waals surface area contributed by atoms with E-state index in [-0.39, 0.29) is 6.04 Å². The van der Waals surface area contributed by atoms with Gasteiger partial charge in [0.1, 0.15) is 11.3 Å². The Morgan fingerprint density at radius 1 is 1.05 bits per heavy atom. The molecule has 0 aliphatic carbocycles. The standard InChI is InChI=1S/C17H16ClNO/c18-14-7-9-16-13(10-14)11-17(20-16)15(19)8-6-12-4-2-1-3-5-12/h1-5,7,9-11,15H,6,8,19H2. The molecule has 0 saturated carbocycles. The van der Waals surface area contributed by atoms with Crippen LogP contribution < -0.4 is 5.73 Å². The first-order valence-electron chi connectivity index (χ1n) is 6.71. The average Bonchev–Trinajstić information content (AvgIpc) is 2.89. The number of rotatable bonds is 4. The molecule has 0 aliphatic heterocycles. The van der Waals surface area contributed by atoms with E-state index in [1.54, 1.807) is 0 Å². The number of aryl methyl sites for hydroxylation is 1. The van der Waals surface area contributed by atoms with E-state index >= 15 is 0 Å². The largest absolute Gasteiger partial charge is 0.459 e. The minimum absolute atomic E-state index is 0.0959. The summed E-state index contributed by atoms with van der Waals surface area (Å²) in [6, 6.07) is 17.8. The molecule has 1 aromatic heterocycles. The van der Waals surface area contributed by atoms with E-state index in [1.807, 2.05) is 42.5 Å². The van der Waals surface area contributed by atoms with Crippen molar-refractivity contribution in [1.82, 2.24) is 0 Å². The van der Waals surface area contributed by atoms with Crippen LogP contribution in [0, 0.1) is 0 Å². The zero-order chi connectivity index (χ0) is 13.9. The van der Waals surface area contributed by atoms with Crippen LogP contribution in [0.4, 0.5) is 0 Å². The van der Waals surface area contributed by atoms with Gasteiger partial charge in [-0.2, -0.15) is 0 Å². The summed E-state index contributed by atoms with van der Waals surface area (Å²) >= 11 is 5.98. The molecule has 0 fully saturated rings. The minimum atomic E-state index is -0.0959. The number of furan rings is 1. The molecule has 1 unspecified atom stereocenters. The Morgan fingerprint density at radius 2 is 1.85 bits per heavy atom. The third-order valence-electron chi connectivity index (χ3n) is 3.45. The molecule has 0 saturated heterocycles. The van der Waals surface area contributed by atoms with E-state index in [1.165, 1.54) is 5.56 Å². The van der Waals surface area contributed by atoms with Gasteiger partial charge in [0, 0.05) is 10.4 Å². The van der Waals surface area contributed by atoms with Gasteiger partial charge in [-0.1, -0.05) is 41.9 Å². The van der Waals surface area contributed by atoms with Crippen molar-refractivity contribution in [2.75, 3.05) is 0 Å². The Kier molecular flexibility index (Phi) is 3.77. The summed E-state index contributed by atoms with van der Waals surface area (Å²) in [5.74, 6) is 0.818. The second-order valence-electron chi connectivity index (χ2n) is 4.96. The van der Waals surface area contributed by atoms with Gasteiger partial charge in [0.15, 0.2) is 0 Å². The molecule has 2 nitrogen and oxygen atoms in total. The molecular weight excluding hydrogens is 270 g/mol. The lowest BCUT2D eigenvalue weighted by atomic mass is 10.0. The number of benzene rings is 2. The van der Waals surface area contributed by atoms with Crippen LogP contribution in [0.1, 0.15) is 23.8 Å². The van der Waals surface area contributed by atoms with Crippen molar-refractivity contribution in [3.63, 3.8) is 0 Å². The molecule has 20 heavy (non-hydrogen) atoms. The summed E-state index contributed by atoms with van der Waals surface area (Å²) in [6.07, 6.45) is 1.80. The summed E-state index contributed by atoms with van der Waals surface area (Å²) in [7, 11) is 0. The summed E-state index contributed by atoms with van der Waals surface area (Å²) in [6.45, 7) is 0. The van der Waals surface area contributed by atoms with Crippen LogP contribution in [0.15, 0.2) is 59.0 Å². The number of nitrogens with two attached hydrogens (primary N) is 1. The van der Waals surface area contributed by atoms with E-state index in [4.69, 9.17) is 21.8 Å². The van der Waals surface area contributed by atoms with Crippen LogP contribution >= 0.6 is 11.6 Å². The Labute approximate surface area is 123 Å². The van der Waals surface area contributed by atoms with E-state index < -0.39 is 0 Å². The van der Waals surface area contributed by atoms with E-state index in [9.17, 15) is 0 Å². The normalized spacial score (nSPS) is 12.7. The third kappa shape index (κ3) is 2.87. The maximum Gasteiger partial charge on any atom is 0.134 e. The zero-order valence-corrected chi connectivity index (χ0v) is 11.8. The quantitative estimate of drug-likeness (QED) is 0.753. The van der Waals surface area contributed by atoms with Gasteiger partial charge in [0.2, 0.25) is 0 Å². The van der Waals surface area contributed by atoms with Crippen molar-refractivity contribution in [3.8, 4) is 0 Å². The molecule has 0 aliphatic rings. The molecule has 3 rings (SSSR count). The molecular formula is C17H16ClNO. The van der Waals surface area contributed by atoms with E-state index in [0.717, 1.165) is 29.6 Å². The molecule has 3 aromatic rings. The van der Waals surface area contributed by atoms with Crippen LogP contribution in [0.25, 0.3) is 11.0 Å². The lowest BCUT2D eigenvalue weighted by molar-refractivity contribution is 0.478. The molecule has 3 heteroatoms. The fourth-order valence-electron chi connectivity index (χ4n) is 2.33. The van der Waals surface area contributed by atoms with Gasteiger partial charge in [-0.25, -0.2) is 0 Å². The smallest absolute Gasteiger partial charge is 0.134 e. The summed E-state index contributed by atoms with van der Waals surface area (Å²) in [5, 5.41) is 1.71. The Hall–Kier alpha value is -1.77. The van der Waals surface area contributed by atoms with E-state index in [2.05, 4.69) is 12.1 Å². The molecule has 0 radical (unpaired) electrons. The van der Waals surface area contributed by atoms with Crippen molar-refractivity contribution in [2.24, 2.45) is 5.73 Å². The SMILES string of the molecule is NC(CCc1ccccc1)c1cc2cc(Cl)ccc2o1. The highest BCUT2D eigenvalue weighted by Gasteiger charge is 2.12. The first-order valence-corrected chi connectivity index (χ1v) is 7.09. The summed E-state index contributed by atoms with van der Waals surface area (Å²) in [4.78, 5) is 0. The van der Waals surface area contributed by atoms with Gasteiger partial charge in [-0.3, -0.25) is 0 Å². The predicted molar refractivity (Wildman–Crippen MR) is 82.9 cm³/mol. The molecule has 0 amide bonds. The van der Waals surface area contributed by atoms with Crippen molar-refractivity contribution < 1.29 is 4.42 Å². The molecule has 1 atom stereocenters. The van der Waals surface area contributed by atoms with Gasteiger partial charge in [0.05, 0.1) is 6.04 Å². The number of hydrogen-bond acceptors (Lipinski definition) is 2. The first kappa shape index (κ1) is 13.2. The second-order valence-corrected chi connectivity index (χ2v) is 5.40. The fourth-order valence-corrected chi connectivity index (χ4v) is 2.51. The predicted octanol–water partition coefficient (Wildman–Crippen LogP) is 4.72. The van der Waals surface area contributed by atoms with Gasteiger partial charge >= 0.3 is 0 Å². The first-order chi connectivity index (χ1) is 9.72. The molecule has 102 valence electrons. The molecule has 1 heterocycles. The van der Waals surface area contributed by atoms with Crippen LogP contribution in [0.2, 0.25) is 5.02 Å². The van der Waals surface area contributed by atoms with Crippen molar-refractivity contribution in [1.29, 1.82) is 0 Å². The minimum Gasteiger partial charge on any atom is -0.459 e. The molecule has 0 bridgehead atoms. The van der Waals surface area contributed by atoms with Crippen LogP contribution in [0.5, 0.6) is 0 Å². The Balaban J connectivity index is 1.73. The van der Waals surface area contributed by atoms with Crippen molar-refractivity contribution >= 4 is 22.6 Å². The van der Waals surface area contributed by atoms with Crippen LogP contribution in [0.3, 0.4) is 0 Å². The monoisotopic (exact) mass is 285 g/mol. The van der Waals surface area contributed by atoms with Crippen molar-refractivity contribution in [2.45, 2.75) is 18.9 Å². The maximum atomic E-state index is 6.22. The van der Waals surface area contributed by atoms with E-state index in [0.29, 0.717) is 5.02 Å². The molecule has 0 spiro atoms. The maximum absolute atomic E-state index is 6.22. The molecule has 2 aromatic carbocycles. The summed E-state index contributed by atoms with van der Waals surface area (Å²) < 4.78 is 5.79. The number of fused-ring (bicyclic) bond motifs is 1. The van der Waals surface area contributed by atoms with Gasteiger partial charge in [0.25, 0.3) is 0 Å². The Morgan fingerprint density at radius 3 is 2.65 bits per heavy atom. The topological polar surface area (TPSA) is 39.2 Å². The zero-order valence-electron chi connectivity index (χ0n) is 11.1. The Bertz CT molecular complexity index is 705. The van der Waals surface area contributed by atoms with Gasteiger partial charge in [-0.15, -0.1) is 0 Å². The highest BCUT2D eigenvalue weighted by Crippen LogP contribution is 2.27.